The summed E-state index contributed by atoms with van der Waals surface area (Å²) < 4.78 is 25.8. The normalized spacial score (nSPS) is 14.7. The van der Waals surface area contributed by atoms with E-state index in [1.54, 1.807) is 6.92 Å². The molecule has 0 saturated heterocycles. The lowest BCUT2D eigenvalue weighted by atomic mass is 10.0. The predicted molar refractivity (Wildman–Crippen MR) is 104 cm³/mol. The van der Waals surface area contributed by atoms with Gasteiger partial charge >= 0.3 is 0 Å². The minimum absolute atomic E-state index is 0.103. The van der Waals surface area contributed by atoms with Crippen molar-refractivity contribution in [1.82, 2.24) is 4.31 Å². The average molecular weight is 372 g/mol. The van der Waals surface area contributed by atoms with Gasteiger partial charge in [0, 0.05) is 24.3 Å². The van der Waals surface area contributed by atoms with Gasteiger partial charge in [-0.15, -0.1) is 0 Å². The molecule has 1 heterocycles. The molecule has 0 aliphatic carbocycles. The third-order valence-electron chi connectivity index (χ3n) is 4.97. The zero-order valence-electron chi connectivity index (χ0n) is 15.4. The Morgan fingerprint density at radius 3 is 2.54 bits per heavy atom. The molecule has 0 atom stereocenters. The lowest BCUT2D eigenvalue weighted by Crippen LogP contribution is -2.36. The fourth-order valence-electron chi connectivity index (χ4n) is 3.11. The molecule has 1 aliphatic heterocycles. The van der Waals surface area contributed by atoms with Gasteiger partial charge in [0.1, 0.15) is 0 Å². The van der Waals surface area contributed by atoms with Crippen molar-refractivity contribution in [3.8, 4) is 0 Å². The van der Waals surface area contributed by atoms with Crippen LogP contribution in [0.1, 0.15) is 39.5 Å². The maximum absolute atomic E-state index is 12.5. The molecule has 2 aromatic rings. The number of sulfonamides is 1. The smallest absolute Gasteiger partial charge is 0.255 e. The molecule has 138 valence electrons. The summed E-state index contributed by atoms with van der Waals surface area (Å²) in [7, 11) is -3.21. The Kier molecular flexibility index (Phi) is 5.16. The summed E-state index contributed by atoms with van der Waals surface area (Å²) >= 11 is 0. The van der Waals surface area contributed by atoms with Crippen LogP contribution in [0.2, 0.25) is 0 Å². The minimum atomic E-state index is -3.21. The fraction of sp³-hybridized carbons (Fsp3) is 0.350. The largest absolute Gasteiger partial charge is 0.322 e. The van der Waals surface area contributed by atoms with E-state index in [1.165, 1.54) is 4.31 Å². The van der Waals surface area contributed by atoms with E-state index in [0.29, 0.717) is 30.8 Å². The Hall–Kier alpha value is -2.18. The number of fused-ring (bicyclic) bond motifs is 1. The number of nitrogens with zero attached hydrogens (tertiary/aromatic N) is 1. The number of nitrogens with one attached hydrogen (secondary N) is 1. The van der Waals surface area contributed by atoms with Gasteiger partial charge in [-0.2, -0.15) is 4.31 Å². The van der Waals surface area contributed by atoms with E-state index in [2.05, 4.69) is 5.32 Å². The molecule has 2 aromatic carbocycles. The second kappa shape index (κ2) is 7.21. The van der Waals surface area contributed by atoms with E-state index in [1.807, 2.05) is 50.2 Å². The third-order valence-corrected chi connectivity index (χ3v) is 6.80. The van der Waals surface area contributed by atoms with Gasteiger partial charge in [0.2, 0.25) is 10.0 Å². The van der Waals surface area contributed by atoms with Crippen molar-refractivity contribution in [1.29, 1.82) is 0 Å². The number of carbonyl (C=O) groups excluding carboxylic acids is 1. The number of hydrogen-bond donors (Lipinski definition) is 1. The van der Waals surface area contributed by atoms with Crippen molar-refractivity contribution >= 4 is 21.6 Å². The second-order valence-electron chi connectivity index (χ2n) is 6.72. The van der Waals surface area contributed by atoms with Crippen LogP contribution >= 0.6 is 0 Å². The Morgan fingerprint density at radius 1 is 1.08 bits per heavy atom. The Bertz CT molecular complexity index is 952. The maximum atomic E-state index is 12.5. The van der Waals surface area contributed by atoms with Crippen molar-refractivity contribution < 1.29 is 13.2 Å². The summed E-state index contributed by atoms with van der Waals surface area (Å²) in [5.41, 5.74) is 5.60. The highest BCUT2D eigenvalue weighted by molar-refractivity contribution is 7.89. The first kappa shape index (κ1) is 18.6. The molecular weight excluding hydrogens is 348 g/mol. The van der Waals surface area contributed by atoms with E-state index in [-0.39, 0.29) is 11.7 Å². The van der Waals surface area contributed by atoms with Crippen LogP contribution in [0.3, 0.4) is 0 Å². The molecule has 0 saturated carbocycles. The minimum Gasteiger partial charge on any atom is -0.322 e. The molecule has 0 spiro atoms. The molecule has 3 rings (SSSR count). The van der Waals surface area contributed by atoms with Crippen molar-refractivity contribution in [2.24, 2.45) is 0 Å². The van der Waals surface area contributed by atoms with E-state index >= 15 is 0 Å². The first-order valence-electron chi connectivity index (χ1n) is 8.78. The van der Waals surface area contributed by atoms with Crippen LogP contribution in [0.4, 0.5) is 5.69 Å². The molecule has 0 unspecified atom stereocenters. The number of aryl methyl sites for hydroxylation is 2. The average Bonchev–Trinajstić information content (AvgIpc) is 2.63. The van der Waals surface area contributed by atoms with Crippen LogP contribution in [-0.2, 0) is 23.0 Å². The fourth-order valence-corrected chi connectivity index (χ4v) is 4.19. The van der Waals surface area contributed by atoms with Gasteiger partial charge in [-0.1, -0.05) is 12.1 Å². The summed E-state index contributed by atoms with van der Waals surface area (Å²) in [4.78, 5) is 12.5. The highest BCUT2D eigenvalue weighted by atomic mass is 32.2. The monoisotopic (exact) mass is 372 g/mol. The second-order valence-corrected chi connectivity index (χ2v) is 8.98. The molecule has 26 heavy (non-hydrogen) atoms. The molecule has 6 heteroatoms. The van der Waals surface area contributed by atoms with Gasteiger partial charge in [0.05, 0.1) is 5.75 Å². The lowest BCUT2D eigenvalue weighted by Gasteiger charge is -2.28. The highest BCUT2D eigenvalue weighted by Gasteiger charge is 2.25. The van der Waals surface area contributed by atoms with Crippen LogP contribution in [0.5, 0.6) is 0 Å². The summed E-state index contributed by atoms with van der Waals surface area (Å²) in [6, 6.07) is 11.4. The molecule has 0 aromatic heterocycles. The number of amides is 1. The van der Waals surface area contributed by atoms with Gasteiger partial charge in [-0.25, -0.2) is 8.42 Å². The summed E-state index contributed by atoms with van der Waals surface area (Å²) in [5, 5.41) is 2.92. The van der Waals surface area contributed by atoms with Crippen molar-refractivity contribution in [3.63, 3.8) is 0 Å². The predicted octanol–water partition coefficient (Wildman–Crippen LogP) is 3.26. The van der Waals surface area contributed by atoms with Crippen LogP contribution in [0.25, 0.3) is 0 Å². The first-order valence-corrected chi connectivity index (χ1v) is 10.4. The van der Waals surface area contributed by atoms with Crippen molar-refractivity contribution in [2.45, 2.75) is 33.7 Å². The quantitative estimate of drug-likeness (QED) is 0.896. The molecular formula is C20H24N2O3S. The molecule has 1 aliphatic rings. The maximum Gasteiger partial charge on any atom is 0.255 e. The number of benzene rings is 2. The SMILES string of the molecule is CCS(=O)(=O)N1CCc2ccc(NC(=O)c3ccc(C)c(C)c3)cc2C1. The van der Waals surface area contributed by atoms with E-state index < -0.39 is 10.0 Å². The topological polar surface area (TPSA) is 66.5 Å². The Labute approximate surface area is 155 Å². The first-order chi connectivity index (χ1) is 12.3. The summed E-state index contributed by atoms with van der Waals surface area (Å²) in [5.74, 6) is -0.0622. The number of anilines is 1. The highest BCUT2D eigenvalue weighted by Crippen LogP contribution is 2.25. The van der Waals surface area contributed by atoms with Gasteiger partial charge in [-0.3, -0.25) is 4.79 Å². The van der Waals surface area contributed by atoms with Crippen molar-refractivity contribution in [3.05, 3.63) is 64.2 Å². The van der Waals surface area contributed by atoms with Gasteiger partial charge in [0.25, 0.3) is 5.91 Å². The van der Waals surface area contributed by atoms with Crippen LogP contribution in [-0.4, -0.2) is 30.9 Å². The number of carbonyl (C=O) groups is 1. The van der Waals surface area contributed by atoms with Gasteiger partial charge < -0.3 is 5.32 Å². The van der Waals surface area contributed by atoms with Gasteiger partial charge in [0.15, 0.2) is 0 Å². The zero-order valence-corrected chi connectivity index (χ0v) is 16.2. The van der Waals surface area contributed by atoms with Gasteiger partial charge in [-0.05, 0) is 73.7 Å². The summed E-state index contributed by atoms with van der Waals surface area (Å²) in [6.07, 6.45) is 0.694. The summed E-state index contributed by atoms with van der Waals surface area (Å²) in [6.45, 7) is 6.52. The van der Waals surface area contributed by atoms with Crippen LogP contribution in [0.15, 0.2) is 36.4 Å². The standard InChI is InChI=1S/C20H24N2O3S/c1-4-26(24,25)22-10-9-16-7-8-19(12-18(16)13-22)21-20(23)17-6-5-14(2)15(3)11-17/h5-8,11-12H,4,9-10,13H2,1-3H3,(H,21,23). The molecule has 1 amide bonds. The van der Waals surface area contributed by atoms with E-state index in [4.69, 9.17) is 0 Å². The van der Waals surface area contributed by atoms with Crippen LogP contribution in [0, 0.1) is 13.8 Å². The number of rotatable bonds is 4. The Morgan fingerprint density at radius 2 is 1.85 bits per heavy atom. The number of hydrogen-bond acceptors (Lipinski definition) is 3. The van der Waals surface area contributed by atoms with E-state index in [9.17, 15) is 13.2 Å². The zero-order chi connectivity index (χ0) is 18.9. The molecule has 5 nitrogen and oxygen atoms in total. The third kappa shape index (κ3) is 3.81. The lowest BCUT2D eigenvalue weighted by molar-refractivity contribution is 0.102. The Balaban J connectivity index is 1.79. The molecule has 0 radical (unpaired) electrons. The molecule has 0 bridgehead atoms. The van der Waals surface area contributed by atoms with Crippen LogP contribution < -0.4 is 5.32 Å². The molecule has 0 fully saturated rings. The van der Waals surface area contributed by atoms with Crippen molar-refractivity contribution in [2.75, 3.05) is 17.6 Å². The molecule has 1 N–H and O–H groups in total. The van der Waals surface area contributed by atoms with E-state index in [0.717, 1.165) is 22.3 Å².